The SMILES string of the molecule is O=C(O)C(CO)/N=C/F. The minimum absolute atomic E-state index is 0.144. The van der Waals surface area contributed by atoms with Gasteiger partial charge in [-0.2, -0.15) is 4.39 Å². The lowest BCUT2D eigenvalue weighted by molar-refractivity contribution is -0.139. The average Bonchev–Trinajstić information content (AvgIpc) is 1.82. The van der Waals surface area contributed by atoms with Crippen LogP contribution in [0, 0.1) is 0 Å². The van der Waals surface area contributed by atoms with Gasteiger partial charge in [0.05, 0.1) is 6.61 Å². The highest BCUT2D eigenvalue weighted by molar-refractivity contribution is 5.75. The summed E-state index contributed by atoms with van der Waals surface area (Å²) in [6.07, 6.45) is 0. The molecule has 0 saturated heterocycles. The van der Waals surface area contributed by atoms with Crippen molar-refractivity contribution in [3.05, 3.63) is 0 Å². The van der Waals surface area contributed by atoms with Gasteiger partial charge in [-0.3, -0.25) is 0 Å². The van der Waals surface area contributed by atoms with E-state index in [1.54, 1.807) is 0 Å². The monoisotopic (exact) mass is 135 g/mol. The van der Waals surface area contributed by atoms with Crippen LogP contribution in [0.4, 0.5) is 4.39 Å². The van der Waals surface area contributed by atoms with Crippen LogP contribution in [0.3, 0.4) is 0 Å². The molecule has 0 aromatic carbocycles. The van der Waals surface area contributed by atoms with E-state index in [0.29, 0.717) is 0 Å². The lowest BCUT2D eigenvalue weighted by atomic mass is 10.3. The number of halogens is 1. The third-order valence-corrected chi connectivity index (χ3v) is 0.694. The van der Waals surface area contributed by atoms with E-state index in [1.165, 1.54) is 0 Å². The predicted molar refractivity (Wildman–Crippen MR) is 28.1 cm³/mol. The van der Waals surface area contributed by atoms with Crippen molar-refractivity contribution in [2.45, 2.75) is 6.04 Å². The Balaban J connectivity index is 3.83. The zero-order valence-electron chi connectivity index (χ0n) is 4.49. The number of hydrogen-bond donors (Lipinski definition) is 2. The van der Waals surface area contributed by atoms with E-state index in [9.17, 15) is 9.18 Å². The molecule has 2 N–H and O–H groups in total. The fourth-order valence-corrected chi connectivity index (χ4v) is 0.257. The third-order valence-electron chi connectivity index (χ3n) is 0.694. The Kier molecular flexibility index (Phi) is 3.54. The predicted octanol–water partition coefficient (Wildman–Crippen LogP) is -0.570. The van der Waals surface area contributed by atoms with Crippen molar-refractivity contribution in [2.75, 3.05) is 6.61 Å². The number of rotatable bonds is 3. The summed E-state index contributed by atoms with van der Waals surface area (Å²) >= 11 is 0. The Morgan fingerprint density at radius 1 is 1.89 bits per heavy atom. The summed E-state index contributed by atoms with van der Waals surface area (Å²) < 4.78 is 11.1. The molecule has 0 heterocycles. The molecule has 4 nitrogen and oxygen atoms in total. The van der Waals surface area contributed by atoms with Crippen molar-refractivity contribution in [1.82, 2.24) is 0 Å². The smallest absolute Gasteiger partial charge is 0.330 e. The van der Waals surface area contributed by atoms with Crippen LogP contribution in [0.15, 0.2) is 4.99 Å². The Hall–Kier alpha value is -0.970. The highest BCUT2D eigenvalue weighted by Crippen LogP contribution is 1.87. The molecule has 0 rings (SSSR count). The number of aliphatic carboxylic acids is 1. The molecule has 0 aliphatic carbocycles. The van der Waals surface area contributed by atoms with Gasteiger partial charge in [0.2, 0.25) is 0 Å². The van der Waals surface area contributed by atoms with Gasteiger partial charge >= 0.3 is 5.97 Å². The van der Waals surface area contributed by atoms with Gasteiger partial charge in [0, 0.05) is 0 Å². The first kappa shape index (κ1) is 8.03. The molecule has 0 aromatic heterocycles. The normalized spacial score (nSPS) is 14.0. The number of carboxylic acid groups (broad SMARTS) is 1. The number of carboxylic acids is 1. The van der Waals surface area contributed by atoms with E-state index in [4.69, 9.17) is 10.2 Å². The van der Waals surface area contributed by atoms with Crippen molar-refractivity contribution in [2.24, 2.45) is 4.99 Å². The molecule has 0 spiro atoms. The molecule has 0 fully saturated rings. The summed E-state index contributed by atoms with van der Waals surface area (Å²) in [6, 6.07) is -1.37. The minimum Gasteiger partial charge on any atom is -0.480 e. The quantitative estimate of drug-likeness (QED) is 0.509. The second-order valence-corrected chi connectivity index (χ2v) is 1.28. The maximum atomic E-state index is 11.1. The van der Waals surface area contributed by atoms with E-state index < -0.39 is 18.6 Å². The first-order valence-electron chi connectivity index (χ1n) is 2.18. The van der Waals surface area contributed by atoms with Crippen LogP contribution >= 0.6 is 0 Å². The molecule has 0 aliphatic heterocycles. The molecular formula is C4H6FNO3. The summed E-state index contributed by atoms with van der Waals surface area (Å²) in [5.74, 6) is -1.34. The van der Waals surface area contributed by atoms with Gasteiger partial charge in [-0.05, 0) is 0 Å². The molecule has 5 heteroatoms. The van der Waals surface area contributed by atoms with Crippen LogP contribution in [-0.4, -0.2) is 35.3 Å². The second-order valence-electron chi connectivity index (χ2n) is 1.28. The van der Waals surface area contributed by atoms with Crippen LogP contribution < -0.4 is 0 Å². The third kappa shape index (κ3) is 2.76. The largest absolute Gasteiger partial charge is 0.480 e. The number of aliphatic hydroxyl groups excluding tert-OH is 1. The molecule has 0 aromatic rings. The molecule has 1 atom stereocenters. The average molecular weight is 135 g/mol. The molecule has 0 aliphatic rings. The van der Waals surface area contributed by atoms with Crippen LogP contribution in [-0.2, 0) is 4.79 Å². The Labute approximate surface area is 50.6 Å². The van der Waals surface area contributed by atoms with Gasteiger partial charge < -0.3 is 10.2 Å². The molecule has 9 heavy (non-hydrogen) atoms. The van der Waals surface area contributed by atoms with E-state index in [1.807, 2.05) is 0 Å². The van der Waals surface area contributed by atoms with E-state index >= 15 is 0 Å². The summed E-state index contributed by atoms with van der Waals surface area (Å²) in [5.41, 5.74) is 0. The molecule has 0 radical (unpaired) electrons. The summed E-state index contributed by atoms with van der Waals surface area (Å²) in [7, 11) is 0. The lowest BCUT2D eigenvalue weighted by Crippen LogP contribution is -2.21. The Bertz CT molecular complexity index is 125. The maximum Gasteiger partial charge on any atom is 0.330 e. The van der Waals surface area contributed by atoms with Gasteiger partial charge in [0.25, 0.3) is 0 Å². The molecule has 0 bridgehead atoms. The molecular weight excluding hydrogens is 129 g/mol. The molecule has 52 valence electrons. The number of hydrogen-bond acceptors (Lipinski definition) is 3. The van der Waals surface area contributed by atoms with E-state index in [0.717, 1.165) is 0 Å². The zero-order chi connectivity index (χ0) is 7.28. The van der Waals surface area contributed by atoms with Gasteiger partial charge in [0.1, 0.15) is 0 Å². The van der Waals surface area contributed by atoms with Crippen molar-refractivity contribution in [3.63, 3.8) is 0 Å². The first-order chi connectivity index (χ1) is 4.22. The topological polar surface area (TPSA) is 69.9 Å². The number of carbonyl (C=O) groups is 1. The fourth-order valence-electron chi connectivity index (χ4n) is 0.257. The number of nitrogens with zero attached hydrogens (tertiary/aromatic N) is 1. The molecule has 0 amide bonds. The maximum absolute atomic E-state index is 11.1. The fraction of sp³-hybridized carbons (Fsp3) is 0.500. The zero-order valence-corrected chi connectivity index (χ0v) is 4.49. The molecule has 0 saturated carbocycles. The molecule has 1 unspecified atom stereocenters. The van der Waals surface area contributed by atoms with Crippen LogP contribution in [0.5, 0.6) is 0 Å². The Morgan fingerprint density at radius 2 is 2.44 bits per heavy atom. The summed E-state index contributed by atoms with van der Waals surface area (Å²) in [6.45, 7) is -0.829. The summed E-state index contributed by atoms with van der Waals surface area (Å²) in [5, 5.41) is 16.2. The number of aliphatic hydroxyl groups is 1. The van der Waals surface area contributed by atoms with Crippen molar-refractivity contribution < 1.29 is 19.4 Å². The minimum atomic E-state index is -1.37. The van der Waals surface area contributed by atoms with Gasteiger partial charge in [-0.1, -0.05) is 0 Å². The van der Waals surface area contributed by atoms with Crippen molar-refractivity contribution in [3.8, 4) is 0 Å². The van der Waals surface area contributed by atoms with Crippen molar-refractivity contribution >= 4 is 12.4 Å². The van der Waals surface area contributed by atoms with Gasteiger partial charge in [-0.15, -0.1) is 0 Å². The number of aliphatic imine (C=N–C) groups is 1. The van der Waals surface area contributed by atoms with Gasteiger partial charge in [0.15, 0.2) is 12.5 Å². The second kappa shape index (κ2) is 3.96. The summed E-state index contributed by atoms with van der Waals surface area (Å²) in [4.78, 5) is 12.7. The Morgan fingerprint density at radius 3 is 2.56 bits per heavy atom. The van der Waals surface area contributed by atoms with E-state index in [2.05, 4.69) is 4.99 Å². The van der Waals surface area contributed by atoms with Crippen LogP contribution in [0.2, 0.25) is 0 Å². The standard InChI is InChI=1S/C4H6FNO3/c5-2-6-3(1-7)4(8)9/h2-3,7H,1H2,(H,8,9)/b6-2+. The van der Waals surface area contributed by atoms with Crippen LogP contribution in [0.25, 0.3) is 0 Å². The lowest BCUT2D eigenvalue weighted by Gasteiger charge is -1.98. The van der Waals surface area contributed by atoms with Crippen molar-refractivity contribution in [1.29, 1.82) is 0 Å². The highest BCUT2D eigenvalue weighted by atomic mass is 19.1. The van der Waals surface area contributed by atoms with Crippen LogP contribution in [0.1, 0.15) is 0 Å². The first-order valence-corrected chi connectivity index (χ1v) is 2.18. The van der Waals surface area contributed by atoms with E-state index in [-0.39, 0.29) is 6.47 Å². The van der Waals surface area contributed by atoms with Gasteiger partial charge in [-0.25, -0.2) is 9.79 Å². The highest BCUT2D eigenvalue weighted by Gasteiger charge is 2.12.